The molecular formula is C71H39N7S2. The van der Waals surface area contributed by atoms with Gasteiger partial charge in [-0.25, -0.2) is 15.0 Å². The van der Waals surface area contributed by atoms with E-state index in [0.717, 1.165) is 72.4 Å². The van der Waals surface area contributed by atoms with Crippen molar-refractivity contribution in [3.05, 3.63) is 248 Å². The predicted octanol–water partition coefficient (Wildman–Crippen LogP) is 18.9. The van der Waals surface area contributed by atoms with E-state index >= 15 is 0 Å². The summed E-state index contributed by atoms with van der Waals surface area (Å²) in [6.45, 7) is 0. The minimum absolute atomic E-state index is 0.465. The van der Waals surface area contributed by atoms with Gasteiger partial charge < -0.3 is 9.13 Å². The Hall–Kier alpha value is -10.6. The third kappa shape index (κ3) is 7.06. The van der Waals surface area contributed by atoms with E-state index in [1.54, 1.807) is 0 Å². The van der Waals surface area contributed by atoms with Crippen LogP contribution in [0.4, 0.5) is 0 Å². The van der Waals surface area contributed by atoms with Crippen LogP contribution in [0, 0.1) is 22.7 Å². The summed E-state index contributed by atoms with van der Waals surface area (Å²) in [6.07, 6.45) is 0. The van der Waals surface area contributed by atoms with Gasteiger partial charge in [-0.15, -0.1) is 22.7 Å². The maximum Gasteiger partial charge on any atom is 0.164 e. The number of nitrogens with zero attached hydrogens (tertiary/aromatic N) is 7. The zero-order valence-corrected chi connectivity index (χ0v) is 44.1. The van der Waals surface area contributed by atoms with Crippen molar-refractivity contribution in [3.8, 4) is 79.9 Å². The summed E-state index contributed by atoms with van der Waals surface area (Å²) in [5.74, 6) is 1.43. The Morgan fingerprint density at radius 3 is 1.23 bits per heavy atom. The molecule has 0 aliphatic rings. The van der Waals surface area contributed by atoms with E-state index in [4.69, 9.17) is 15.0 Å². The van der Waals surface area contributed by atoms with E-state index in [1.165, 1.54) is 61.9 Å². The van der Waals surface area contributed by atoms with Crippen molar-refractivity contribution in [2.45, 2.75) is 0 Å². The first-order valence-electron chi connectivity index (χ1n) is 26.4. The number of thiophene rings is 2. The van der Waals surface area contributed by atoms with E-state index < -0.39 is 0 Å². The lowest BCUT2D eigenvalue weighted by Gasteiger charge is -2.17. The van der Waals surface area contributed by atoms with Crippen LogP contribution >= 0.6 is 22.7 Å². The van der Waals surface area contributed by atoms with Crippen LogP contribution in [0.25, 0.3) is 152 Å². The molecule has 0 N–H and O–H groups in total. The Bertz CT molecular complexity index is 5050. The van der Waals surface area contributed by atoms with Crippen molar-refractivity contribution >= 4 is 107 Å². The Labute approximate surface area is 466 Å². The fraction of sp³-hybridized carbons (Fsp3) is 0. The standard InChI is InChI=1S/C71H39N7S2/c72-40-42-14-12-18-45(36-42)49-30-28-47(77-59-24-8-4-22-55(59)65-61(77)34-32-53-51-20-6-10-26-63(51)79-67(53)65)38-57(49)70-74-69(44-16-2-1-3-17-44)75-71(76-70)58-39-48(29-31-50(58)46-19-13-15-43(37-46)41-73)78-60-25-9-5-23-56(60)66-62(78)35-33-54-52-21-7-11-27-64(52)80-68(54)66/h1-39H. The highest BCUT2D eigenvalue weighted by Crippen LogP contribution is 2.47. The second-order valence-electron chi connectivity index (χ2n) is 20.1. The van der Waals surface area contributed by atoms with Gasteiger partial charge in [0.05, 0.1) is 45.3 Å². The summed E-state index contributed by atoms with van der Waals surface area (Å²) in [4.78, 5) is 16.5. The Kier molecular flexibility index (Phi) is 10.3. The summed E-state index contributed by atoms with van der Waals surface area (Å²) in [5.41, 5.74) is 13.1. The van der Waals surface area contributed by atoms with Crippen molar-refractivity contribution in [2.75, 3.05) is 0 Å². The maximum absolute atomic E-state index is 10.2. The molecular weight excluding hydrogens is 1010 g/mol. The highest BCUT2D eigenvalue weighted by molar-refractivity contribution is 7.27. The highest BCUT2D eigenvalue weighted by Gasteiger charge is 2.24. The lowest BCUT2D eigenvalue weighted by molar-refractivity contribution is 1.07. The number of aromatic nitrogens is 5. The zero-order chi connectivity index (χ0) is 53.0. The number of rotatable bonds is 7. The highest BCUT2D eigenvalue weighted by atomic mass is 32.1. The monoisotopic (exact) mass is 1050 g/mol. The molecule has 0 aliphatic carbocycles. The number of hydrogen-bond acceptors (Lipinski definition) is 7. The molecule has 0 fully saturated rings. The fourth-order valence-corrected chi connectivity index (χ4v) is 14.6. The number of nitriles is 2. The molecule has 5 aromatic heterocycles. The van der Waals surface area contributed by atoms with Crippen LogP contribution < -0.4 is 0 Å². The molecule has 9 heteroatoms. The topological polar surface area (TPSA) is 96.1 Å². The molecule has 0 bridgehead atoms. The van der Waals surface area contributed by atoms with Gasteiger partial charge in [0.1, 0.15) is 0 Å². The maximum atomic E-state index is 10.2. The van der Waals surface area contributed by atoms with Gasteiger partial charge in [0.2, 0.25) is 0 Å². The van der Waals surface area contributed by atoms with Crippen molar-refractivity contribution < 1.29 is 0 Å². The Morgan fingerprint density at radius 2 is 0.738 bits per heavy atom. The van der Waals surface area contributed by atoms with Crippen LogP contribution in [0.15, 0.2) is 237 Å². The second-order valence-corrected chi connectivity index (χ2v) is 22.2. The third-order valence-electron chi connectivity index (χ3n) is 15.6. The fourth-order valence-electron chi connectivity index (χ4n) is 12.1. The van der Waals surface area contributed by atoms with Gasteiger partial charge in [0.15, 0.2) is 17.5 Å². The molecule has 0 aliphatic heterocycles. The van der Waals surface area contributed by atoms with Crippen molar-refractivity contribution in [1.29, 1.82) is 10.5 Å². The average Bonchev–Trinajstić information content (AvgIpc) is 4.41. The first kappa shape index (κ1) is 45.6. The zero-order valence-electron chi connectivity index (χ0n) is 42.5. The van der Waals surface area contributed by atoms with Crippen LogP contribution in [-0.4, -0.2) is 24.1 Å². The van der Waals surface area contributed by atoms with Gasteiger partial charge in [-0.05, 0) is 107 Å². The molecule has 0 amide bonds. The Balaban J connectivity index is 0.975. The molecule has 0 unspecified atom stereocenters. The molecule has 0 spiro atoms. The van der Waals surface area contributed by atoms with Crippen LogP contribution in [0.1, 0.15) is 11.1 Å². The molecule has 5 heterocycles. The van der Waals surface area contributed by atoms with E-state index in [1.807, 2.05) is 102 Å². The average molecular weight is 1050 g/mol. The van der Waals surface area contributed by atoms with E-state index in [-0.39, 0.29) is 0 Å². The first-order valence-corrected chi connectivity index (χ1v) is 28.0. The number of benzene rings is 11. The summed E-state index contributed by atoms with van der Waals surface area (Å²) >= 11 is 3.67. The predicted molar refractivity (Wildman–Crippen MR) is 331 cm³/mol. The van der Waals surface area contributed by atoms with Crippen LogP contribution in [0.2, 0.25) is 0 Å². The van der Waals surface area contributed by atoms with E-state index in [0.29, 0.717) is 28.6 Å². The van der Waals surface area contributed by atoms with Crippen molar-refractivity contribution in [1.82, 2.24) is 24.1 Å². The van der Waals surface area contributed by atoms with Gasteiger partial charge in [0.25, 0.3) is 0 Å². The van der Waals surface area contributed by atoms with Gasteiger partial charge >= 0.3 is 0 Å². The Morgan fingerprint density at radius 1 is 0.312 bits per heavy atom. The molecule has 7 nitrogen and oxygen atoms in total. The molecule has 80 heavy (non-hydrogen) atoms. The van der Waals surface area contributed by atoms with Crippen molar-refractivity contribution in [2.24, 2.45) is 0 Å². The molecule has 0 saturated carbocycles. The minimum Gasteiger partial charge on any atom is -0.309 e. The summed E-state index contributed by atoms with van der Waals surface area (Å²) in [6, 6.07) is 87.0. The quantitative estimate of drug-likeness (QED) is 0.158. The summed E-state index contributed by atoms with van der Waals surface area (Å²) in [5, 5.41) is 30.3. The van der Waals surface area contributed by atoms with Crippen LogP contribution in [0.3, 0.4) is 0 Å². The molecule has 0 radical (unpaired) electrons. The molecule has 16 rings (SSSR count). The lowest BCUT2D eigenvalue weighted by Crippen LogP contribution is -2.04. The number of hydrogen-bond donors (Lipinski definition) is 0. The van der Waals surface area contributed by atoms with E-state index in [9.17, 15) is 10.5 Å². The molecule has 370 valence electrons. The third-order valence-corrected chi connectivity index (χ3v) is 18.0. The molecule has 0 atom stereocenters. The lowest BCUT2D eigenvalue weighted by atomic mass is 9.96. The van der Waals surface area contributed by atoms with Gasteiger partial charge in [-0.1, -0.05) is 152 Å². The summed E-state index contributed by atoms with van der Waals surface area (Å²) in [7, 11) is 0. The van der Waals surface area contributed by atoms with Gasteiger partial charge in [0, 0.05) is 90.0 Å². The summed E-state index contributed by atoms with van der Waals surface area (Å²) < 4.78 is 9.74. The number of fused-ring (bicyclic) bond motifs is 14. The second kappa shape index (κ2) is 18.0. The molecule has 0 saturated heterocycles. The molecule has 16 aromatic rings. The van der Waals surface area contributed by atoms with Crippen LogP contribution in [0.5, 0.6) is 0 Å². The van der Waals surface area contributed by atoms with Gasteiger partial charge in [-0.3, -0.25) is 0 Å². The molecule has 11 aromatic carbocycles. The van der Waals surface area contributed by atoms with Crippen molar-refractivity contribution in [3.63, 3.8) is 0 Å². The largest absolute Gasteiger partial charge is 0.309 e. The van der Waals surface area contributed by atoms with E-state index in [2.05, 4.69) is 179 Å². The minimum atomic E-state index is 0.465. The number of para-hydroxylation sites is 2. The van der Waals surface area contributed by atoms with Gasteiger partial charge in [-0.2, -0.15) is 10.5 Å². The smallest absolute Gasteiger partial charge is 0.164 e. The van der Waals surface area contributed by atoms with Crippen LogP contribution in [-0.2, 0) is 0 Å². The SMILES string of the molecule is N#Cc1cccc(-c2ccc(-n3c4ccccc4c4c5sc6ccccc6c5ccc43)cc2-c2nc(-c3ccccc3)nc(-c3cc(-n4c5ccccc5c5c6sc7ccccc7c6ccc54)ccc3-c3cccc(C#N)c3)n2)c1. The first-order chi connectivity index (χ1) is 39.6. The normalized spacial score (nSPS) is 11.7.